The van der Waals surface area contributed by atoms with Crippen molar-refractivity contribution in [3.63, 3.8) is 0 Å². The van der Waals surface area contributed by atoms with Crippen molar-refractivity contribution in [2.24, 2.45) is 5.41 Å². The van der Waals surface area contributed by atoms with Crippen LogP contribution in [0.25, 0.3) is 38.6 Å². The van der Waals surface area contributed by atoms with Crippen LogP contribution in [0.3, 0.4) is 0 Å². The van der Waals surface area contributed by atoms with Gasteiger partial charge in [-0.1, -0.05) is 191 Å². The molecule has 0 fully saturated rings. The van der Waals surface area contributed by atoms with E-state index in [1.54, 1.807) is 0 Å². The highest BCUT2D eigenvalue weighted by molar-refractivity contribution is 6.10. The van der Waals surface area contributed by atoms with Crippen LogP contribution < -0.4 is 4.90 Å². The predicted octanol–water partition coefficient (Wildman–Crippen LogP) is 17.1. The number of para-hydroxylation sites is 2. The molecule has 0 atom stereocenters. The topological polar surface area (TPSA) is 8.17 Å². The van der Waals surface area contributed by atoms with Gasteiger partial charge >= 0.3 is 0 Å². The minimum Gasteiger partial charge on any atom is -0.309 e. The number of benzene rings is 6. The number of aryl methyl sites for hydroxylation is 2. The van der Waals surface area contributed by atoms with E-state index in [0.717, 1.165) is 65.2 Å². The van der Waals surface area contributed by atoms with E-state index in [2.05, 4.69) is 262 Å². The van der Waals surface area contributed by atoms with Crippen LogP contribution in [0.1, 0.15) is 50.3 Å². The third-order valence-corrected chi connectivity index (χ3v) is 12.6. The molecule has 0 saturated carbocycles. The van der Waals surface area contributed by atoms with Gasteiger partial charge in [-0.3, -0.25) is 0 Å². The number of allylic oxidation sites excluding steroid dienone is 13. The lowest BCUT2D eigenvalue weighted by atomic mass is 9.75. The van der Waals surface area contributed by atoms with Crippen LogP contribution >= 0.6 is 0 Å². The molecule has 0 aliphatic heterocycles. The molecule has 0 bridgehead atoms. The number of hydrogen-bond acceptors (Lipinski definition) is 1. The molecule has 1 aromatic heterocycles. The normalized spacial score (nSPS) is 15.5. The first-order valence-electron chi connectivity index (χ1n) is 23.2. The lowest BCUT2D eigenvalue weighted by Crippen LogP contribution is -2.23. The maximum Gasteiger partial charge on any atom is 0.0891 e. The number of nitrogens with zero attached hydrogens (tertiary/aromatic N) is 2. The van der Waals surface area contributed by atoms with Crippen molar-refractivity contribution in [3.8, 4) is 16.8 Å². The van der Waals surface area contributed by atoms with Crippen LogP contribution in [0.4, 0.5) is 5.69 Å². The molecule has 326 valence electrons. The lowest BCUT2D eigenvalue weighted by molar-refractivity contribution is 0.460. The SMILES string of the molecule is C=C/C=C(\C/C=C\Cc1ccccc1)N(C1=C=CC=C2C(=C)/C=C\C=C/CC(C)(C)C2=C1)c1ccc(-c2ccc3c(c2)c2ccccc2n3-c2ccccc2)cc1.CCc1ccccc1C. The fourth-order valence-corrected chi connectivity index (χ4v) is 9.02. The van der Waals surface area contributed by atoms with Crippen LogP contribution in [0.2, 0.25) is 0 Å². The number of fused-ring (bicyclic) bond motifs is 4. The van der Waals surface area contributed by atoms with E-state index < -0.39 is 0 Å². The predicted molar refractivity (Wildman–Crippen MR) is 285 cm³/mol. The number of hydrogen-bond donors (Lipinski definition) is 0. The largest absolute Gasteiger partial charge is 0.309 e. The number of aromatic nitrogens is 1. The average molecular weight is 857 g/mol. The second-order valence-electron chi connectivity index (χ2n) is 17.6. The Kier molecular flexibility index (Phi) is 14.2. The third kappa shape index (κ3) is 10.2. The second-order valence-corrected chi connectivity index (χ2v) is 17.6. The number of anilines is 1. The minimum atomic E-state index is -0.141. The molecule has 2 heteroatoms. The van der Waals surface area contributed by atoms with E-state index in [9.17, 15) is 0 Å². The van der Waals surface area contributed by atoms with Crippen molar-refractivity contribution in [2.75, 3.05) is 4.90 Å². The van der Waals surface area contributed by atoms with Crippen LogP contribution in [0.15, 0.2) is 265 Å². The Labute approximate surface area is 393 Å². The summed E-state index contributed by atoms with van der Waals surface area (Å²) >= 11 is 0. The van der Waals surface area contributed by atoms with Gasteiger partial charge in [0.05, 0.1) is 16.7 Å². The first-order chi connectivity index (χ1) is 32.3. The molecule has 0 spiro atoms. The van der Waals surface area contributed by atoms with Crippen molar-refractivity contribution in [1.82, 2.24) is 4.57 Å². The van der Waals surface area contributed by atoms with Gasteiger partial charge in [-0.25, -0.2) is 0 Å². The highest BCUT2D eigenvalue weighted by Crippen LogP contribution is 2.42. The summed E-state index contributed by atoms with van der Waals surface area (Å²) in [5.74, 6) is 0. The summed E-state index contributed by atoms with van der Waals surface area (Å²) in [6.07, 6.45) is 27.3. The summed E-state index contributed by atoms with van der Waals surface area (Å²) in [5, 5.41) is 2.49. The van der Waals surface area contributed by atoms with Crippen molar-refractivity contribution in [2.45, 2.75) is 53.4 Å². The fourth-order valence-electron chi connectivity index (χ4n) is 9.02. The zero-order chi connectivity index (χ0) is 45.9. The van der Waals surface area contributed by atoms with Gasteiger partial charge in [0, 0.05) is 34.3 Å². The van der Waals surface area contributed by atoms with E-state index in [-0.39, 0.29) is 5.41 Å². The molecule has 1 heterocycles. The fraction of sp³-hybridized carbons (Fsp3) is 0.141. The molecule has 66 heavy (non-hydrogen) atoms. The Hall–Kier alpha value is -7.64. The quantitative estimate of drug-likeness (QED) is 0.0715. The lowest BCUT2D eigenvalue weighted by Gasteiger charge is -2.32. The first-order valence-corrected chi connectivity index (χ1v) is 23.2. The van der Waals surface area contributed by atoms with Gasteiger partial charge in [-0.15, -0.1) is 0 Å². The van der Waals surface area contributed by atoms with E-state index >= 15 is 0 Å². The molecule has 0 amide bonds. The van der Waals surface area contributed by atoms with Crippen LogP contribution in [-0.4, -0.2) is 4.57 Å². The average Bonchev–Trinajstić information content (AvgIpc) is 3.53. The molecule has 0 N–H and O–H groups in total. The standard InChI is InChI=1S/C55H48N2.C9H12/c1-5-20-45(27-15-14-24-42-22-10-6-11-23-42)56(48-28-19-30-49-41(2)21-9-8-18-38-55(3,4)52(49)40-48)47-35-32-43(33-36-47)44-34-37-54-51(39-44)50-29-16-17-31-53(50)57(54)46-25-12-7-13-26-46;1-3-9-7-5-4-6-8(9)2/h5-23,25-26,29-37,39-40H,1-2,24,27,38H2,3-4H3;4-7H,3H2,1-2H3/b15-14-,18-8-,21-9-,45-20+;. The molecule has 6 aromatic carbocycles. The molecule has 0 saturated heterocycles. The van der Waals surface area contributed by atoms with Crippen molar-refractivity contribution >= 4 is 27.5 Å². The summed E-state index contributed by atoms with van der Waals surface area (Å²) in [4.78, 5) is 2.34. The second kappa shape index (κ2) is 20.9. The molecule has 7 aromatic rings. The van der Waals surface area contributed by atoms with Crippen molar-refractivity contribution in [1.29, 1.82) is 0 Å². The maximum absolute atomic E-state index is 4.47. The highest BCUT2D eigenvalue weighted by atomic mass is 15.2. The number of rotatable bonds is 11. The maximum atomic E-state index is 4.47. The zero-order valence-electron chi connectivity index (χ0n) is 38.9. The molecule has 9 rings (SSSR count). The zero-order valence-corrected chi connectivity index (χ0v) is 38.9. The van der Waals surface area contributed by atoms with E-state index in [1.807, 2.05) is 12.2 Å². The Morgan fingerprint density at radius 3 is 2.20 bits per heavy atom. The monoisotopic (exact) mass is 856 g/mol. The van der Waals surface area contributed by atoms with Crippen LogP contribution in [0, 0.1) is 12.3 Å². The van der Waals surface area contributed by atoms with E-state index in [4.69, 9.17) is 0 Å². The summed E-state index contributed by atoms with van der Waals surface area (Å²) in [7, 11) is 0. The summed E-state index contributed by atoms with van der Waals surface area (Å²) in [6.45, 7) is 17.6. The van der Waals surface area contributed by atoms with Gasteiger partial charge in [0.1, 0.15) is 0 Å². The first kappa shape index (κ1) is 44.9. The molecule has 2 aliphatic rings. The van der Waals surface area contributed by atoms with E-state index in [1.165, 1.54) is 49.6 Å². The Morgan fingerprint density at radius 2 is 1.45 bits per heavy atom. The molecule has 0 radical (unpaired) electrons. The Bertz CT molecular complexity index is 3110. The van der Waals surface area contributed by atoms with E-state index in [0.29, 0.717) is 0 Å². The van der Waals surface area contributed by atoms with Gasteiger partial charge in [-0.05, 0) is 143 Å². The Morgan fingerprint density at radius 1 is 0.758 bits per heavy atom. The summed E-state index contributed by atoms with van der Waals surface area (Å²) < 4.78 is 2.36. The summed E-state index contributed by atoms with van der Waals surface area (Å²) in [6, 6.07) is 54.2. The summed E-state index contributed by atoms with van der Waals surface area (Å²) in [5.41, 5.74) is 20.1. The van der Waals surface area contributed by atoms with Gasteiger partial charge in [0.2, 0.25) is 0 Å². The molecular weight excluding hydrogens is 797 g/mol. The van der Waals surface area contributed by atoms with Gasteiger partial charge in [0.15, 0.2) is 0 Å². The van der Waals surface area contributed by atoms with Gasteiger partial charge in [0.25, 0.3) is 0 Å². The molecule has 2 nitrogen and oxygen atoms in total. The minimum absolute atomic E-state index is 0.141. The van der Waals surface area contributed by atoms with Gasteiger partial charge < -0.3 is 9.47 Å². The highest BCUT2D eigenvalue weighted by Gasteiger charge is 2.28. The van der Waals surface area contributed by atoms with Crippen LogP contribution in [0.5, 0.6) is 0 Å². The van der Waals surface area contributed by atoms with Crippen LogP contribution in [-0.2, 0) is 12.8 Å². The van der Waals surface area contributed by atoms with Crippen molar-refractivity contribution in [3.05, 3.63) is 282 Å². The molecule has 2 aliphatic carbocycles. The Balaban J connectivity index is 0.000000590. The molecule has 0 unspecified atom stereocenters. The van der Waals surface area contributed by atoms with Gasteiger partial charge in [-0.2, -0.15) is 0 Å². The third-order valence-electron chi connectivity index (χ3n) is 12.6. The van der Waals surface area contributed by atoms with Crippen molar-refractivity contribution < 1.29 is 0 Å². The smallest absolute Gasteiger partial charge is 0.0891 e. The molecular formula is C64H60N2.